The second-order valence-electron chi connectivity index (χ2n) is 16.7. The van der Waals surface area contributed by atoms with E-state index in [2.05, 4.69) is 19.2 Å². The predicted octanol–water partition coefficient (Wildman–Crippen LogP) is 14.0. The zero-order chi connectivity index (χ0) is 38.7. The van der Waals surface area contributed by atoms with Crippen LogP contribution in [-0.2, 0) is 4.79 Å². The molecule has 316 valence electrons. The van der Waals surface area contributed by atoms with Crippen molar-refractivity contribution in [1.82, 2.24) is 5.32 Å². The third-order valence-corrected chi connectivity index (χ3v) is 11.3. The highest BCUT2D eigenvalue weighted by Crippen LogP contribution is 2.17. The number of rotatable bonds is 44. The van der Waals surface area contributed by atoms with E-state index in [0.29, 0.717) is 6.42 Å². The van der Waals surface area contributed by atoms with Crippen molar-refractivity contribution in [1.29, 1.82) is 0 Å². The minimum Gasteiger partial charge on any atom is -0.394 e. The molecule has 1 amide bonds. The van der Waals surface area contributed by atoms with Gasteiger partial charge in [0.15, 0.2) is 0 Å². The number of aliphatic hydroxyl groups excluding tert-OH is 3. The molecular weight excluding hydrogens is 655 g/mol. The maximum atomic E-state index is 12.5. The molecular formula is C48H95NO4. The van der Waals surface area contributed by atoms with Gasteiger partial charge in [0.1, 0.15) is 0 Å². The predicted molar refractivity (Wildman–Crippen MR) is 232 cm³/mol. The summed E-state index contributed by atoms with van der Waals surface area (Å²) < 4.78 is 0. The summed E-state index contributed by atoms with van der Waals surface area (Å²) in [6.45, 7) is 4.24. The Kier molecular flexibility index (Phi) is 43.1. The lowest BCUT2D eigenvalue weighted by molar-refractivity contribution is -0.124. The normalized spacial score (nSPS) is 13.5. The smallest absolute Gasteiger partial charge is 0.222 e. The van der Waals surface area contributed by atoms with Crippen molar-refractivity contribution in [2.75, 3.05) is 6.61 Å². The van der Waals surface area contributed by atoms with E-state index in [9.17, 15) is 20.1 Å². The molecule has 0 aliphatic heterocycles. The maximum absolute atomic E-state index is 12.5. The highest BCUT2D eigenvalue weighted by Gasteiger charge is 2.20. The Morgan fingerprint density at radius 2 is 0.774 bits per heavy atom. The van der Waals surface area contributed by atoms with Crippen LogP contribution in [0.25, 0.3) is 0 Å². The summed E-state index contributed by atoms with van der Waals surface area (Å²) in [5.41, 5.74) is 0. The third-order valence-electron chi connectivity index (χ3n) is 11.3. The van der Waals surface area contributed by atoms with Gasteiger partial charge in [0, 0.05) is 0 Å². The molecule has 0 aromatic carbocycles. The number of allylic oxidation sites excluding steroid dienone is 1. The molecule has 0 saturated heterocycles. The lowest BCUT2D eigenvalue weighted by Gasteiger charge is -2.21. The van der Waals surface area contributed by atoms with Crippen molar-refractivity contribution in [3.63, 3.8) is 0 Å². The van der Waals surface area contributed by atoms with E-state index in [1.807, 2.05) is 6.08 Å². The van der Waals surface area contributed by atoms with Crippen molar-refractivity contribution in [3.8, 4) is 0 Å². The summed E-state index contributed by atoms with van der Waals surface area (Å²) in [7, 11) is 0. The maximum Gasteiger partial charge on any atom is 0.222 e. The highest BCUT2D eigenvalue weighted by molar-refractivity contribution is 5.76. The Morgan fingerprint density at radius 1 is 0.472 bits per heavy atom. The molecule has 0 aromatic rings. The van der Waals surface area contributed by atoms with Crippen molar-refractivity contribution >= 4 is 5.91 Å². The van der Waals surface area contributed by atoms with Gasteiger partial charge in [0.2, 0.25) is 5.91 Å². The Morgan fingerprint density at radius 3 is 1.09 bits per heavy atom. The van der Waals surface area contributed by atoms with Crippen LogP contribution in [0.4, 0.5) is 0 Å². The molecule has 0 aliphatic carbocycles. The van der Waals surface area contributed by atoms with E-state index in [-0.39, 0.29) is 18.9 Å². The molecule has 0 aromatic heterocycles. The standard InChI is InChI=1S/C48H95NO4/c1-3-5-7-9-11-13-15-17-19-21-22-23-24-25-26-27-29-31-33-35-37-39-41-45(51)43-48(53)49-46(44-50)47(52)42-40-38-36-34-32-30-28-20-18-16-14-12-10-8-6-4-2/h40,42,45-47,50-52H,3-39,41,43-44H2,1-2H3,(H,49,53)/b42-40+. The molecule has 0 rings (SSSR count). The molecule has 0 radical (unpaired) electrons. The fraction of sp³-hybridized carbons (Fsp3) is 0.938. The molecule has 3 atom stereocenters. The number of nitrogens with one attached hydrogen (secondary N) is 1. The summed E-state index contributed by atoms with van der Waals surface area (Å²) in [5, 5.41) is 33.3. The first kappa shape index (κ1) is 52.1. The Hall–Kier alpha value is -0.910. The fourth-order valence-corrected chi connectivity index (χ4v) is 7.64. The van der Waals surface area contributed by atoms with Gasteiger partial charge in [-0.1, -0.05) is 251 Å². The van der Waals surface area contributed by atoms with E-state index < -0.39 is 18.2 Å². The van der Waals surface area contributed by atoms with Gasteiger partial charge in [0.25, 0.3) is 0 Å². The van der Waals surface area contributed by atoms with Crippen molar-refractivity contribution in [3.05, 3.63) is 12.2 Å². The minimum atomic E-state index is -0.924. The fourth-order valence-electron chi connectivity index (χ4n) is 7.64. The lowest BCUT2D eigenvalue weighted by Crippen LogP contribution is -2.45. The molecule has 0 spiro atoms. The molecule has 3 unspecified atom stereocenters. The van der Waals surface area contributed by atoms with Crippen LogP contribution in [0.15, 0.2) is 12.2 Å². The van der Waals surface area contributed by atoms with Crippen LogP contribution in [0.5, 0.6) is 0 Å². The van der Waals surface area contributed by atoms with Crippen LogP contribution in [0.3, 0.4) is 0 Å². The molecule has 5 nitrogen and oxygen atoms in total. The van der Waals surface area contributed by atoms with Crippen LogP contribution in [0, 0.1) is 0 Å². The number of carbonyl (C=O) groups is 1. The second kappa shape index (κ2) is 43.8. The van der Waals surface area contributed by atoms with Gasteiger partial charge >= 0.3 is 0 Å². The quantitative estimate of drug-likeness (QED) is 0.0369. The second-order valence-corrected chi connectivity index (χ2v) is 16.7. The molecule has 0 bridgehead atoms. The Bertz CT molecular complexity index is 743. The molecule has 0 heterocycles. The van der Waals surface area contributed by atoms with Gasteiger partial charge in [-0.05, 0) is 19.3 Å². The highest BCUT2D eigenvalue weighted by atomic mass is 16.3. The zero-order valence-corrected chi connectivity index (χ0v) is 35.9. The number of hydrogen-bond acceptors (Lipinski definition) is 4. The molecule has 0 fully saturated rings. The lowest BCUT2D eigenvalue weighted by atomic mass is 10.0. The van der Waals surface area contributed by atoms with E-state index in [4.69, 9.17) is 0 Å². The van der Waals surface area contributed by atoms with Gasteiger partial charge in [-0.15, -0.1) is 0 Å². The monoisotopic (exact) mass is 750 g/mol. The van der Waals surface area contributed by atoms with Gasteiger partial charge in [-0.25, -0.2) is 0 Å². The molecule has 53 heavy (non-hydrogen) atoms. The number of carbonyl (C=O) groups excluding carboxylic acids is 1. The topological polar surface area (TPSA) is 89.8 Å². The van der Waals surface area contributed by atoms with E-state index >= 15 is 0 Å². The van der Waals surface area contributed by atoms with Crippen molar-refractivity contribution in [2.45, 2.75) is 283 Å². The van der Waals surface area contributed by atoms with Crippen LogP contribution in [0.2, 0.25) is 0 Å². The molecule has 0 saturated carbocycles. The van der Waals surface area contributed by atoms with Crippen molar-refractivity contribution in [2.24, 2.45) is 0 Å². The van der Waals surface area contributed by atoms with E-state index in [0.717, 1.165) is 25.7 Å². The largest absolute Gasteiger partial charge is 0.394 e. The van der Waals surface area contributed by atoms with Gasteiger partial charge in [0.05, 0.1) is 31.3 Å². The average Bonchev–Trinajstić information content (AvgIpc) is 3.15. The van der Waals surface area contributed by atoms with E-state index in [1.165, 1.54) is 212 Å². The number of unbranched alkanes of at least 4 members (excludes halogenated alkanes) is 35. The van der Waals surface area contributed by atoms with Crippen LogP contribution < -0.4 is 5.32 Å². The Balaban J connectivity index is 3.58. The van der Waals surface area contributed by atoms with Gasteiger partial charge in [-0.2, -0.15) is 0 Å². The summed E-state index contributed by atoms with van der Waals surface area (Å²) in [5.74, 6) is -0.310. The first-order valence-corrected chi connectivity index (χ1v) is 24.0. The first-order valence-electron chi connectivity index (χ1n) is 24.0. The number of amides is 1. The number of aliphatic hydroxyl groups is 3. The third kappa shape index (κ3) is 40.6. The van der Waals surface area contributed by atoms with Crippen LogP contribution in [-0.4, -0.2) is 46.1 Å². The van der Waals surface area contributed by atoms with Crippen molar-refractivity contribution < 1.29 is 20.1 Å². The SMILES string of the molecule is CCCCCCCCCCCCCCCC/C=C/C(O)C(CO)NC(=O)CC(O)CCCCCCCCCCCCCCCCCCCCCCCC. The summed E-state index contributed by atoms with van der Waals surface area (Å²) >= 11 is 0. The summed E-state index contributed by atoms with van der Waals surface area (Å²) in [6, 6.07) is -0.739. The van der Waals surface area contributed by atoms with Crippen LogP contribution in [0.1, 0.15) is 264 Å². The number of hydrogen-bond donors (Lipinski definition) is 4. The average molecular weight is 750 g/mol. The first-order chi connectivity index (χ1) is 26.0. The van der Waals surface area contributed by atoms with Crippen LogP contribution >= 0.6 is 0 Å². The summed E-state index contributed by atoms with van der Waals surface area (Å²) in [6.07, 6.45) is 52.2. The van der Waals surface area contributed by atoms with Gasteiger partial charge in [-0.3, -0.25) is 4.79 Å². The summed E-state index contributed by atoms with van der Waals surface area (Å²) in [4.78, 5) is 12.5. The molecule has 4 N–H and O–H groups in total. The molecule has 0 aliphatic rings. The molecule has 5 heteroatoms. The zero-order valence-electron chi connectivity index (χ0n) is 35.9. The Labute approximate surface area is 331 Å². The van der Waals surface area contributed by atoms with Gasteiger partial charge < -0.3 is 20.6 Å². The minimum absolute atomic E-state index is 0.0191. The van der Waals surface area contributed by atoms with E-state index in [1.54, 1.807) is 6.08 Å².